The van der Waals surface area contributed by atoms with Gasteiger partial charge < -0.3 is 10.2 Å². The SMILES string of the molecule is CC(C)[C@H]1C=C[C@](C)(O)[C@@H](O)C1. The van der Waals surface area contributed by atoms with E-state index in [1.807, 2.05) is 6.08 Å². The Morgan fingerprint density at radius 2 is 2.08 bits per heavy atom. The second kappa shape index (κ2) is 3.19. The zero-order valence-corrected chi connectivity index (χ0v) is 7.99. The van der Waals surface area contributed by atoms with Crippen molar-refractivity contribution in [1.29, 1.82) is 0 Å². The van der Waals surface area contributed by atoms with Gasteiger partial charge in [-0.2, -0.15) is 0 Å². The first-order valence-electron chi connectivity index (χ1n) is 4.53. The Morgan fingerprint density at radius 3 is 2.50 bits per heavy atom. The summed E-state index contributed by atoms with van der Waals surface area (Å²) in [5.74, 6) is 0.937. The zero-order valence-electron chi connectivity index (χ0n) is 7.99. The topological polar surface area (TPSA) is 40.5 Å². The van der Waals surface area contributed by atoms with Gasteiger partial charge in [-0.05, 0) is 25.2 Å². The monoisotopic (exact) mass is 170 g/mol. The number of aliphatic hydroxyl groups excluding tert-OH is 1. The molecule has 0 saturated carbocycles. The smallest absolute Gasteiger partial charge is 0.106 e. The molecular formula is C10H18O2. The lowest BCUT2D eigenvalue weighted by Gasteiger charge is -2.34. The van der Waals surface area contributed by atoms with Gasteiger partial charge in [0.25, 0.3) is 0 Å². The van der Waals surface area contributed by atoms with Gasteiger partial charge in [0.1, 0.15) is 5.60 Å². The van der Waals surface area contributed by atoms with Crippen LogP contribution in [0.25, 0.3) is 0 Å². The summed E-state index contributed by atoms with van der Waals surface area (Å²) in [6.45, 7) is 5.90. The first-order chi connectivity index (χ1) is 5.43. The van der Waals surface area contributed by atoms with Gasteiger partial charge >= 0.3 is 0 Å². The second-order valence-electron chi connectivity index (χ2n) is 4.24. The van der Waals surface area contributed by atoms with E-state index in [0.717, 1.165) is 0 Å². The van der Waals surface area contributed by atoms with Crippen molar-refractivity contribution in [1.82, 2.24) is 0 Å². The van der Waals surface area contributed by atoms with Crippen LogP contribution in [-0.2, 0) is 0 Å². The van der Waals surface area contributed by atoms with Gasteiger partial charge in [-0.25, -0.2) is 0 Å². The number of hydrogen-bond acceptors (Lipinski definition) is 2. The number of allylic oxidation sites excluding steroid dienone is 1. The third-order valence-corrected chi connectivity index (χ3v) is 2.71. The van der Waals surface area contributed by atoms with Gasteiger partial charge in [0.2, 0.25) is 0 Å². The van der Waals surface area contributed by atoms with Gasteiger partial charge in [-0.3, -0.25) is 0 Å². The molecule has 0 aromatic rings. The highest BCUT2D eigenvalue weighted by atomic mass is 16.3. The largest absolute Gasteiger partial charge is 0.390 e. The van der Waals surface area contributed by atoms with Crippen molar-refractivity contribution >= 4 is 0 Å². The summed E-state index contributed by atoms with van der Waals surface area (Å²) in [7, 11) is 0. The summed E-state index contributed by atoms with van der Waals surface area (Å²) in [6.07, 6.45) is 3.78. The summed E-state index contributed by atoms with van der Waals surface area (Å²) < 4.78 is 0. The van der Waals surface area contributed by atoms with E-state index in [1.165, 1.54) is 0 Å². The lowest BCUT2D eigenvalue weighted by Crippen LogP contribution is -2.41. The molecule has 0 spiro atoms. The van der Waals surface area contributed by atoms with Gasteiger partial charge in [-0.1, -0.05) is 26.0 Å². The van der Waals surface area contributed by atoms with E-state index < -0.39 is 11.7 Å². The zero-order chi connectivity index (χ0) is 9.35. The van der Waals surface area contributed by atoms with Crippen LogP contribution >= 0.6 is 0 Å². The quantitative estimate of drug-likeness (QED) is 0.583. The lowest BCUT2D eigenvalue weighted by atomic mass is 9.79. The van der Waals surface area contributed by atoms with Gasteiger partial charge in [-0.15, -0.1) is 0 Å². The minimum atomic E-state index is -1.02. The van der Waals surface area contributed by atoms with Crippen molar-refractivity contribution in [2.24, 2.45) is 11.8 Å². The van der Waals surface area contributed by atoms with E-state index in [2.05, 4.69) is 13.8 Å². The Balaban J connectivity index is 2.70. The van der Waals surface area contributed by atoms with Crippen molar-refractivity contribution in [2.75, 3.05) is 0 Å². The molecule has 12 heavy (non-hydrogen) atoms. The molecule has 2 N–H and O–H groups in total. The van der Waals surface area contributed by atoms with E-state index >= 15 is 0 Å². The van der Waals surface area contributed by atoms with Crippen LogP contribution in [0, 0.1) is 11.8 Å². The minimum Gasteiger partial charge on any atom is -0.390 e. The van der Waals surface area contributed by atoms with Crippen molar-refractivity contribution in [3.8, 4) is 0 Å². The third-order valence-electron chi connectivity index (χ3n) is 2.71. The van der Waals surface area contributed by atoms with Crippen LogP contribution in [0.1, 0.15) is 27.2 Å². The number of aliphatic hydroxyl groups is 2. The Labute approximate surface area is 73.9 Å². The van der Waals surface area contributed by atoms with E-state index in [-0.39, 0.29) is 0 Å². The minimum absolute atomic E-state index is 0.403. The molecule has 0 aromatic heterocycles. The van der Waals surface area contributed by atoms with Crippen molar-refractivity contribution in [2.45, 2.75) is 38.9 Å². The molecule has 0 bridgehead atoms. The highest BCUT2D eigenvalue weighted by molar-refractivity contribution is 5.10. The lowest BCUT2D eigenvalue weighted by molar-refractivity contribution is -0.0447. The number of rotatable bonds is 1. The van der Waals surface area contributed by atoms with Crippen LogP contribution in [0.2, 0.25) is 0 Å². The fourth-order valence-corrected chi connectivity index (χ4v) is 1.50. The molecular weight excluding hydrogens is 152 g/mol. The Kier molecular flexibility index (Phi) is 2.59. The molecule has 0 saturated heterocycles. The molecule has 0 radical (unpaired) electrons. The fourth-order valence-electron chi connectivity index (χ4n) is 1.50. The molecule has 0 fully saturated rings. The molecule has 3 atom stereocenters. The highest BCUT2D eigenvalue weighted by Gasteiger charge is 2.33. The normalized spacial score (nSPS) is 42.2. The molecule has 0 aromatic carbocycles. The molecule has 1 aliphatic carbocycles. The summed E-state index contributed by atoms with van der Waals surface area (Å²) in [6, 6.07) is 0. The van der Waals surface area contributed by atoms with Crippen molar-refractivity contribution in [3.63, 3.8) is 0 Å². The predicted octanol–water partition coefficient (Wildman–Crippen LogP) is 1.33. The Bertz CT molecular complexity index is 182. The number of hydrogen-bond donors (Lipinski definition) is 2. The standard InChI is InChI=1S/C10H18O2/c1-7(2)8-4-5-10(3,12)9(11)6-8/h4-5,7-9,11-12H,6H2,1-3H3/t8-,9-,10-/m0/s1. The molecule has 70 valence electrons. The first kappa shape index (κ1) is 9.75. The molecule has 0 amide bonds. The Hall–Kier alpha value is -0.340. The van der Waals surface area contributed by atoms with Crippen LogP contribution < -0.4 is 0 Å². The molecule has 1 aliphatic rings. The third kappa shape index (κ3) is 1.87. The maximum absolute atomic E-state index is 9.61. The van der Waals surface area contributed by atoms with E-state index in [0.29, 0.717) is 18.3 Å². The van der Waals surface area contributed by atoms with Gasteiger partial charge in [0, 0.05) is 0 Å². The average molecular weight is 170 g/mol. The van der Waals surface area contributed by atoms with Crippen LogP contribution in [0.4, 0.5) is 0 Å². The molecule has 0 unspecified atom stereocenters. The summed E-state index contributed by atoms with van der Waals surface area (Å²) >= 11 is 0. The molecule has 0 heterocycles. The Morgan fingerprint density at radius 1 is 1.50 bits per heavy atom. The fraction of sp³-hybridized carbons (Fsp3) is 0.800. The summed E-state index contributed by atoms with van der Waals surface area (Å²) in [5, 5.41) is 19.2. The van der Waals surface area contributed by atoms with Crippen LogP contribution in [0.15, 0.2) is 12.2 Å². The summed E-state index contributed by atoms with van der Waals surface area (Å²) in [4.78, 5) is 0. The molecule has 2 heteroatoms. The van der Waals surface area contributed by atoms with Crippen molar-refractivity contribution < 1.29 is 10.2 Å². The average Bonchev–Trinajstić information content (AvgIpc) is 1.94. The second-order valence-corrected chi connectivity index (χ2v) is 4.24. The maximum atomic E-state index is 9.61. The predicted molar refractivity (Wildman–Crippen MR) is 48.7 cm³/mol. The van der Waals surface area contributed by atoms with E-state index in [9.17, 15) is 10.2 Å². The van der Waals surface area contributed by atoms with Crippen LogP contribution in [0.5, 0.6) is 0 Å². The molecule has 0 aliphatic heterocycles. The van der Waals surface area contributed by atoms with Crippen LogP contribution in [-0.4, -0.2) is 21.9 Å². The van der Waals surface area contributed by atoms with Gasteiger partial charge in [0.15, 0.2) is 0 Å². The molecule has 2 nitrogen and oxygen atoms in total. The van der Waals surface area contributed by atoms with Crippen LogP contribution in [0.3, 0.4) is 0 Å². The van der Waals surface area contributed by atoms with Crippen molar-refractivity contribution in [3.05, 3.63) is 12.2 Å². The first-order valence-corrected chi connectivity index (χ1v) is 4.53. The summed E-state index contributed by atoms with van der Waals surface area (Å²) in [5.41, 5.74) is -1.02. The van der Waals surface area contributed by atoms with E-state index in [4.69, 9.17) is 0 Å². The van der Waals surface area contributed by atoms with E-state index in [1.54, 1.807) is 13.0 Å². The maximum Gasteiger partial charge on any atom is 0.106 e. The highest BCUT2D eigenvalue weighted by Crippen LogP contribution is 2.29. The molecule has 1 rings (SSSR count). The van der Waals surface area contributed by atoms with Gasteiger partial charge in [0.05, 0.1) is 6.10 Å².